The quantitative estimate of drug-likeness (QED) is 0.797. The van der Waals surface area contributed by atoms with Gasteiger partial charge in [0.25, 0.3) is 0 Å². The van der Waals surface area contributed by atoms with Gasteiger partial charge in [-0.1, -0.05) is 48.0 Å². The highest BCUT2D eigenvalue weighted by Crippen LogP contribution is 2.11. The number of hydrogen-bond acceptors (Lipinski definition) is 3. The van der Waals surface area contributed by atoms with Crippen molar-refractivity contribution in [3.63, 3.8) is 0 Å². The first-order chi connectivity index (χ1) is 9.78. The highest BCUT2D eigenvalue weighted by atomic mass is 35.5. The first-order valence-electron chi connectivity index (χ1n) is 6.84. The predicted octanol–water partition coefficient (Wildman–Crippen LogP) is 3.09. The maximum atomic E-state index is 5.82. The molecule has 0 fully saturated rings. The third-order valence-corrected chi connectivity index (χ3v) is 3.35. The molecule has 1 aromatic carbocycles. The molecule has 1 aromatic heterocycles. The number of nitrogens with two attached hydrogens (primary N) is 1. The molecule has 106 valence electrons. The highest BCUT2D eigenvalue weighted by molar-refractivity contribution is 6.29. The van der Waals surface area contributed by atoms with Gasteiger partial charge in [0, 0.05) is 25.8 Å². The predicted molar refractivity (Wildman–Crippen MR) is 83.5 cm³/mol. The first-order valence-corrected chi connectivity index (χ1v) is 7.22. The Bertz CT molecular complexity index is 499. The van der Waals surface area contributed by atoms with Crippen LogP contribution in [0.1, 0.15) is 17.5 Å². The number of nitrogens with zero attached hydrogens (tertiary/aromatic N) is 2. The van der Waals surface area contributed by atoms with Gasteiger partial charge >= 0.3 is 0 Å². The molecule has 2 rings (SSSR count). The number of aromatic nitrogens is 1. The molecule has 0 aliphatic rings. The molecule has 0 unspecified atom stereocenters. The average Bonchev–Trinajstić information content (AvgIpc) is 2.48. The van der Waals surface area contributed by atoms with E-state index >= 15 is 0 Å². The lowest BCUT2D eigenvalue weighted by atomic mass is 10.2. The summed E-state index contributed by atoms with van der Waals surface area (Å²) in [6.45, 7) is 3.47. The van der Waals surface area contributed by atoms with Gasteiger partial charge in [-0.25, -0.2) is 4.98 Å². The maximum Gasteiger partial charge on any atom is 0.129 e. The van der Waals surface area contributed by atoms with Crippen LogP contribution in [0.15, 0.2) is 48.7 Å². The summed E-state index contributed by atoms with van der Waals surface area (Å²) < 4.78 is 0. The summed E-state index contributed by atoms with van der Waals surface area (Å²) >= 11 is 5.82. The van der Waals surface area contributed by atoms with E-state index in [1.54, 1.807) is 0 Å². The standard InChI is InChI=1S/C16H20ClN3/c17-16-8-7-15(11-19-16)13-20(10-4-9-18)12-14-5-2-1-3-6-14/h1-3,5-8,11H,4,9-10,12-13,18H2. The van der Waals surface area contributed by atoms with Gasteiger partial charge in [-0.15, -0.1) is 0 Å². The second-order valence-electron chi connectivity index (χ2n) is 4.83. The van der Waals surface area contributed by atoms with Crippen molar-refractivity contribution in [2.45, 2.75) is 19.5 Å². The summed E-state index contributed by atoms with van der Waals surface area (Å²) in [5.41, 5.74) is 8.11. The molecule has 3 nitrogen and oxygen atoms in total. The molecule has 0 saturated carbocycles. The largest absolute Gasteiger partial charge is 0.330 e. The van der Waals surface area contributed by atoms with Crippen molar-refractivity contribution in [2.24, 2.45) is 5.73 Å². The van der Waals surface area contributed by atoms with Crippen LogP contribution in [0.3, 0.4) is 0 Å². The zero-order valence-electron chi connectivity index (χ0n) is 11.5. The normalized spacial score (nSPS) is 10.9. The van der Waals surface area contributed by atoms with Crippen LogP contribution in [0.2, 0.25) is 5.15 Å². The molecule has 0 saturated heterocycles. The van der Waals surface area contributed by atoms with Crippen molar-refractivity contribution < 1.29 is 0 Å². The summed E-state index contributed by atoms with van der Waals surface area (Å²) in [6.07, 6.45) is 2.83. The minimum atomic E-state index is 0.533. The molecule has 0 amide bonds. The van der Waals surface area contributed by atoms with E-state index in [1.165, 1.54) is 11.1 Å². The number of pyridine rings is 1. The average molecular weight is 290 g/mol. The van der Waals surface area contributed by atoms with Crippen molar-refractivity contribution in [1.82, 2.24) is 9.88 Å². The molecule has 0 bridgehead atoms. The summed E-state index contributed by atoms with van der Waals surface area (Å²) in [4.78, 5) is 6.52. The molecule has 4 heteroatoms. The lowest BCUT2D eigenvalue weighted by molar-refractivity contribution is 0.255. The smallest absolute Gasteiger partial charge is 0.129 e. The second kappa shape index (κ2) is 8.00. The third-order valence-electron chi connectivity index (χ3n) is 3.12. The first kappa shape index (κ1) is 15.0. The van der Waals surface area contributed by atoms with Crippen LogP contribution >= 0.6 is 11.6 Å². The third kappa shape index (κ3) is 4.93. The van der Waals surface area contributed by atoms with Crippen LogP contribution in [0.4, 0.5) is 0 Å². The van der Waals surface area contributed by atoms with Crippen molar-refractivity contribution >= 4 is 11.6 Å². The zero-order valence-corrected chi connectivity index (χ0v) is 12.3. The molecule has 0 atom stereocenters. The second-order valence-corrected chi connectivity index (χ2v) is 5.21. The van der Waals surface area contributed by atoms with E-state index < -0.39 is 0 Å². The van der Waals surface area contributed by atoms with Gasteiger partial charge in [-0.05, 0) is 30.2 Å². The Hall–Kier alpha value is -1.42. The Morgan fingerprint density at radius 2 is 1.75 bits per heavy atom. The summed E-state index contributed by atoms with van der Waals surface area (Å²) in [7, 11) is 0. The van der Waals surface area contributed by atoms with Gasteiger partial charge in [0.15, 0.2) is 0 Å². The van der Waals surface area contributed by atoms with Crippen LogP contribution in [-0.2, 0) is 13.1 Å². The molecule has 0 spiro atoms. The van der Waals surface area contributed by atoms with Crippen molar-refractivity contribution in [3.05, 3.63) is 64.9 Å². The van der Waals surface area contributed by atoms with E-state index in [0.29, 0.717) is 11.7 Å². The maximum absolute atomic E-state index is 5.82. The Balaban J connectivity index is 2.01. The molecule has 0 aliphatic heterocycles. The van der Waals surface area contributed by atoms with Gasteiger partial charge in [-0.3, -0.25) is 4.90 Å². The van der Waals surface area contributed by atoms with Crippen LogP contribution in [0.25, 0.3) is 0 Å². The van der Waals surface area contributed by atoms with Crippen LogP contribution in [0.5, 0.6) is 0 Å². The molecular formula is C16H20ClN3. The van der Waals surface area contributed by atoms with E-state index in [1.807, 2.05) is 24.4 Å². The van der Waals surface area contributed by atoms with Gasteiger partial charge in [0.2, 0.25) is 0 Å². The minimum absolute atomic E-state index is 0.533. The highest BCUT2D eigenvalue weighted by Gasteiger charge is 2.07. The molecule has 2 aromatic rings. The minimum Gasteiger partial charge on any atom is -0.330 e. The lowest BCUT2D eigenvalue weighted by Gasteiger charge is -2.22. The van der Waals surface area contributed by atoms with Crippen molar-refractivity contribution in [2.75, 3.05) is 13.1 Å². The number of rotatable bonds is 7. The van der Waals surface area contributed by atoms with E-state index in [0.717, 1.165) is 26.1 Å². The Kier molecular flexibility index (Phi) is 5.99. The Morgan fingerprint density at radius 3 is 2.40 bits per heavy atom. The van der Waals surface area contributed by atoms with E-state index in [-0.39, 0.29) is 0 Å². The fourth-order valence-corrected chi connectivity index (χ4v) is 2.24. The van der Waals surface area contributed by atoms with Crippen LogP contribution < -0.4 is 5.73 Å². The van der Waals surface area contributed by atoms with Crippen LogP contribution in [-0.4, -0.2) is 23.0 Å². The van der Waals surface area contributed by atoms with Crippen molar-refractivity contribution in [1.29, 1.82) is 0 Å². The van der Waals surface area contributed by atoms with Gasteiger partial charge in [0.05, 0.1) is 0 Å². The Morgan fingerprint density at radius 1 is 1.00 bits per heavy atom. The fourth-order valence-electron chi connectivity index (χ4n) is 2.13. The van der Waals surface area contributed by atoms with Crippen LogP contribution in [0, 0.1) is 0 Å². The molecule has 0 radical (unpaired) electrons. The summed E-state index contributed by atoms with van der Waals surface area (Å²) in [5.74, 6) is 0. The molecular weight excluding hydrogens is 270 g/mol. The van der Waals surface area contributed by atoms with Crippen molar-refractivity contribution in [3.8, 4) is 0 Å². The monoisotopic (exact) mass is 289 g/mol. The molecule has 0 aliphatic carbocycles. The van der Waals surface area contributed by atoms with E-state index in [9.17, 15) is 0 Å². The van der Waals surface area contributed by atoms with Gasteiger partial charge < -0.3 is 5.73 Å². The molecule has 1 heterocycles. The topological polar surface area (TPSA) is 42.1 Å². The van der Waals surface area contributed by atoms with E-state index in [2.05, 4.69) is 34.1 Å². The SMILES string of the molecule is NCCCN(Cc1ccccc1)Cc1ccc(Cl)nc1. The van der Waals surface area contributed by atoms with Gasteiger partial charge in [0.1, 0.15) is 5.15 Å². The number of benzene rings is 1. The lowest BCUT2D eigenvalue weighted by Crippen LogP contribution is -2.25. The summed E-state index contributed by atoms with van der Waals surface area (Å²) in [6, 6.07) is 14.3. The van der Waals surface area contributed by atoms with E-state index in [4.69, 9.17) is 17.3 Å². The molecule has 2 N–H and O–H groups in total. The zero-order chi connectivity index (χ0) is 14.2. The number of halogens is 1. The number of hydrogen-bond donors (Lipinski definition) is 1. The summed E-state index contributed by atoms with van der Waals surface area (Å²) in [5, 5.41) is 0.533. The fraction of sp³-hybridized carbons (Fsp3) is 0.312. The molecule has 20 heavy (non-hydrogen) atoms. The Labute approximate surface area is 125 Å². The van der Waals surface area contributed by atoms with Gasteiger partial charge in [-0.2, -0.15) is 0 Å².